The Kier molecular flexibility index (Phi) is 10.1. The van der Waals surface area contributed by atoms with E-state index in [1.54, 1.807) is 0 Å². The number of hydrogen-bond acceptors (Lipinski definition) is 7. The van der Waals surface area contributed by atoms with Crippen molar-refractivity contribution >= 4 is 35.3 Å². The Morgan fingerprint density at radius 1 is 1.08 bits per heavy atom. The molecule has 2 aromatic carbocycles. The molecule has 4 atom stereocenters. The smallest absolute Gasteiger partial charge is 0.309 e. The van der Waals surface area contributed by atoms with Crippen LogP contribution in [-0.4, -0.2) is 63.1 Å². The van der Waals surface area contributed by atoms with Crippen LogP contribution in [0.1, 0.15) is 37.0 Å². The normalized spacial score (nSPS) is 18.8. The van der Waals surface area contributed by atoms with E-state index in [4.69, 9.17) is 0 Å². The Morgan fingerprint density at radius 3 is 2.39 bits per heavy atom. The van der Waals surface area contributed by atoms with Gasteiger partial charge in [0, 0.05) is 18.7 Å². The number of rotatable bonds is 12. The van der Waals surface area contributed by atoms with Crippen LogP contribution in [0.4, 0.5) is 0 Å². The highest BCUT2D eigenvalue weighted by Crippen LogP contribution is 2.24. The summed E-state index contributed by atoms with van der Waals surface area (Å²) in [7, 11) is 0. The fourth-order valence-corrected chi connectivity index (χ4v) is 5.30. The van der Waals surface area contributed by atoms with Crippen LogP contribution in [0.3, 0.4) is 0 Å². The number of carbonyl (C=O) groups is 4. The minimum Gasteiger partial charge on any atom is -0.481 e. The van der Waals surface area contributed by atoms with Crippen molar-refractivity contribution in [2.24, 2.45) is 5.41 Å². The number of hydrogen-bond donors (Lipinski definition) is 5. The van der Waals surface area contributed by atoms with Gasteiger partial charge in [-0.15, -0.1) is 11.8 Å². The highest BCUT2D eigenvalue weighted by Gasteiger charge is 2.40. The molecule has 0 spiro atoms. The Bertz CT molecular complexity index is 1160. The van der Waals surface area contributed by atoms with E-state index in [1.165, 1.54) is 25.6 Å². The summed E-state index contributed by atoms with van der Waals surface area (Å²) in [5.74, 6) is -2.14. The van der Waals surface area contributed by atoms with Crippen molar-refractivity contribution < 1.29 is 29.4 Å². The Labute approximate surface area is 226 Å². The molecule has 204 valence electrons. The lowest BCUT2D eigenvalue weighted by Crippen LogP contribution is -2.54. The second-order valence-electron chi connectivity index (χ2n) is 10.2. The van der Waals surface area contributed by atoms with Gasteiger partial charge in [0.2, 0.25) is 11.8 Å². The van der Waals surface area contributed by atoms with Gasteiger partial charge in [-0.05, 0) is 43.9 Å². The highest BCUT2D eigenvalue weighted by molar-refractivity contribution is 8.00. The number of thioether (sulfide) groups is 1. The van der Waals surface area contributed by atoms with Gasteiger partial charge in [0.1, 0.15) is 11.5 Å². The first-order chi connectivity index (χ1) is 18.0. The molecule has 10 heteroatoms. The molecule has 1 heterocycles. The van der Waals surface area contributed by atoms with E-state index in [-0.39, 0.29) is 18.7 Å². The largest absolute Gasteiger partial charge is 0.481 e. The summed E-state index contributed by atoms with van der Waals surface area (Å²) < 4.78 is 0. The molecule has 1 fully saturated rings. The van der Waals surface area contributed by atoms with Gasteiger partial charge in [-0.25, -0.2) is 0 Å². The van der Waals surface area contributed by atoms with Crippen LogP contribution < -0.4 is 16.0 Å². The zero-order valence-electron chi connectivity index (χ0n) is 21.8. The molecule has 1 aliphatic heterocycles. The molecule has 2 aromatic rings. The van der Waals surface area contributed by atoms with Gasteiger partial charge in [0.05, 0.1) is 17.5 Å². The summed E-state index contributed by atoms with van der Waals surface area (Å²) in [5.41, 5.74) is 1.55. The van der Waals surface area contributed by atoms with Gasteiger partial charge in [-0.2, -0.15) is 0 Å². The summed E-state index contributed by atoms with van der Waals surface area (Å²) in [6.07, 6.45) is -1.70. The first-order valence-electron chi connectivity index (χ1n) is 12.5. The Balaban J connectivity index is 1.63. The van der Waals surface area contributed by atoms with Gasteiger partial charge < -0.3 is 20.8 Å². The monoisotopic (exact) mass is 541 g/mol. The minimum absolute atomic E-state index is 0.171. The van der Waals surface area contributed by atoms with Crippen LogP contribution in [0, 0.1) is 12.3 Å². The third kappa shape index (κ3) is 7.89. The SMILES string of the molecule is Cc1ccccc1CNC(=O)[C@@H]1CSC(C(=O)[C@@H](O)[C@H](Cc2ccccc2)NC(=O)CC(C)(C)C(=O)O)N1. The van der Waals surface area contributed by atoms with E-state index < -0.39 is 46.6 Å². The number of aliphatic carboxylic acids is 1. The van der Waals surface area contributed by atoms with Crippen molar-refractivity contribution in [2.45, 2.75) is 63.7 Å². The number of carboxylic acids is 1. The first kappa shape index (κ1) is 29.3. The van der Waals surface area contributed by atoms with Crippen molar-refractivity contribution in [3.8, 4) is 0 Å². The molecular weight excluding hydrogens is 506 g/mol. The number of aryl methyl sites for hydroxylation is 1. The molecule has 1 unspecified atom stereocenters. The quantitative estimate of drug-likeness (QED) is 0.274. The molecule has 3 rings (SSSR count). The van der Waals surface area contributed by atoms with Crippen LogP contribution in [0.15, 0.2) is 54.6 Å². The number of aliphatic hydroxyl groups excluding tert-OH is 1. The lowest BCUT2D eigenvalue weighted by molar-refractivity contribution is -0.150. The lowest BCUT2D eigenvalue weighted by Gasteiger charge is -2.27. The predicted molar refractivity (Wildman–Crippen MR) is 145 cm³/mol. The van der Waals surface area contributed by atoms with Gasteiger partial charge in [0.25, 0.3) is 0 Å². The summed E-state index contributed by atoms with van der Waals surface area (Å²) in [6, 6.07) is 15.2. The maximum absolute atomic E-state index is 13.2. The second-order valence-corrected chi connectivity index (χ2v) is 11.3. The standard InChI is InChI=1S/C28H35N3O6S/c1-17-9-7-8-12-19(17)15-29-25(35)21-16-38-26(31-21)24(34)23(33)20(13-18-10-5-4-6-11-18)30-22(32)14-28(2,3)27(36)37/h4-12,20-21,23,26,31,33H,13-16H2,1-3H3,(H,29,35)(H,30,32)(H,36,37)/t20-,21-,23-,26?/m0/s1. The highest BCUT2D eigenvalue weighted by atomic mass is 32.2. The second kappa shape index (κ2) is 13.0. The van der Waals surface area contributed by atoms with Crippen molar-refractivity contribution in [3.63, 3.8) is 0 Å². The number of carboxylic acid groups (broad SMARTS) is 1. The lowest BCUT2D eigenvalue weighted by atomic mass is 9.88. The zero-order chi connectivity index (χ0) is 27.9. The number of Topliss-reactive ketones (excluding diaryl/α,β-unsaturated/α-hetero) is 1. The minimum atomic E-state index is -1.56. The average molecular weight is 542 g/mol. The molecule has 38 heavy (non-hydrogen) atoms. The van der Waals surface area contributed by atoms with Crippen LogP contribution in [0.2, 0.25) is 0 Å². The maximum atomic E-state index is 13.2. The van der Waals surface area contributed by atoms with E-state index in [2.05, 4.69) is 16.0 Å². The molecule has 0 aromatic heterocycles. The molecule has 0 saturated carbocycles. The van der Waals surface area contributed by atoms with E-state index in [9.17, 15) is 29.4 Å². The van der Waals surface area contributed by atoms with E-state index in [0.29, 0.717) is 12.3 Å². The average Bonchev–Trinajstić information content (AvgIpc) is 3.37. The third-order valence-corrected chi connectivity index (χ3v) is 7.80. The molecule has 9 nitrogen and oxygen atoms in total. The van der Waals surface area contributed by atoms with Crippen molar-refractivity contribution in [3.05, 3.63) is 71.3 Å². The molecule has 2 amide bonds. The van der Waals surface area contributed by atoms with Gasteiger partial charge in [-0.1, -0.05) is 54.6 Å². The number of nitrogens with one attached hydrogen (secondary N) is 3. The summed E-state index contributed by atoms with van der Waals surface area (Å²) in [4.78, 5) is 50.1. The van der Waals surface area contributed by atoms with Crippen LogP contribution in [0.5, 0.6) is 0 Å². The molecule has 5 N–H and O–H groups in total. The van der Waals surface area contributed by atoms with E-state index in [0.717, 1.165) is 16.7 Å². The summed E-state index contributed by atoms with van der Waals surface area (Å²) >= 11 is 1.22. The van der Waals surface area contributed by atoms with E-state index in [1.807, 2.05) is 61.5 Å². The summed E-state index contributed by atoms with van der Waals surface area (Å²) in [5, 5.41) is 28.1. The molecule has 0 aliphatic carbocycles. The Hall–Kier alpha value is -3.21. The Morgan fingerprint density at radius 2 is 1.74 bits per heavy atom. The zero-order valence-corrected chi connectivity index (χ0v) is 22.6. The first-order valence-corrected chi connectivity index (χ1v) is 13.5. The van der Waals surface area contributed by atoms with Gasteiger partial charge in [0.15, 0.2) is 5.78 Å². The topological polar surface area (TPSA) is 145 Å². The van der Waals surface area contributed by atoms with Gasteiger partial charge in [-0.3, -0.25) is 24.5 Å². The number of amides is 2. The van der Waals surface area contributed by atoms with Crippen molar-refractivity contribution in [1.29, 1.82) is 0 Å². The number of benzene rings is 2. The maximum Gasteiger partial charge on any atom is 0.309 e. The third-order valence-electron chi connectivity index (χ3n) is 6.57. The van der Waals surface area contributed by atoms with Crippen molar-refractivity contribution in [2.75, 3.05) is 5.75 Å². The predicted octanol–water partition coefficient (Wildman–Crippen LogP) is 1.80. The molecule has 1 saturated heterocycles. The molecule has 1 aliphatic rings. The number of ketones is 1. The molecule has 0 radical (unpaired) electrons. The molecule has 0 bridgehead atoms. The molecular formula is C28H35N3O6S. The summed E-state index contributed by atoms with van der Waals surface area (Å²) in [6.45, 7) is 5.21. The number of aliphatic hydroxyl groups is 1. The fourth-order valence-electron chi connectivity index (χ4n) is 4.10. The van der Waals surface area contributed by atoms with Crippen LogP contribution in [-0.2, 0) is 32.1 Å². The van der Waals surface area contributed by atoms with Gasteiger partial charge >= 0.3 is 5.97 Å². The number of carbonyl (C=O) groups excluding carboxylic acids is 3. The van der Waals surface area contributed by atoms with Crippen LogP contribution in [0.25, 0.3) is 0 Å². The van der Waals surface area contributed by atoms with Crippen molar-refractivity contribution in [1.82, 2.24) is 16.0 Å². The van der Waals surface area contributed by atoms with Crippen LogP contribution >= 0.6 is 11.8 Å². The van der Waals surface area contributed by atoms with E-state index >= 15 is 0 Å². The fraction of sp³-hybridized carbons (Fsp3) is 0.429.